The molecule has 3 aromatic rings. The number of hydrogen-bond donors (Lipinski definition) is 1. The largest absolute Gasteiger partial charge is 0.452 e. The molecule has 0 fully saturated rings. The maximum absolute atomic E-state index is 13.3. The van der Waals surface area contributed by atoms with Crippen LogP contribution >= 0.6 is 27.5 Å². The van der Waals surface area contributed by atoms with Gasteiger partial charge in [-0.3, -0.25) is 19.7 Å². The molecule has 2 heterocycles. The van der Waals surface area contributed by atoms with E-state index < -0.39 is 22.8 Å². The minimum Gasteiger partial charge on any atom is -0.452 e. The van der Waals surface area contributed by atoms with E-state index in [-0.39, 0.29) is 39.0 Å². The van der Waals surface area contributed by atoms with Crippen molar-refractivity contribution in [1.82, 2.24) is 24.8 Å². The molecule has 0 radical (unpaired) electrons. The number of non-ortho nitro benzene ring substituents is 1. The summed E-state index contributed by atoms with van der Waals surface area (Å²) < 4.78 is 6.13. The Bertz CT molecular complexity index is 1380. The number of amides is 3. The van der Waals surface area contributed by atoms with Crippen molar-refractivity contribution in [2.45, 2.75) is 6.92 Å². The van der Waals surface area contributed by atoms with Gasteiger partial charge in [-0.1, -0.05) is 11.6 Å². The van der Waals surface area contributed by atoms with E-state index in [2.05, 4.69) is 36.1 Å². The van der Waals surface area contributed by atoms with Gasteiger partial charge in [0.25, 0.3) is 17.5 Å². The average molecular weight is 581 g/mol. The van der Waals surface area contributed by atoms with Gasteiger partial charge in [-0.05, 0) is 40.5 Å². The van der Waals surface area contributed by atoms with Crippen LogP contribution in [-0.4, -0.2) is 68.8 Å². The van der Waals surface area contributed by atoms with Crippen LogP contribution in [0.3, 0.4) is 0 Å². The van der Waals surface area contributed by atoms with Gasteiger partial charge in [0, 0.05) is 38.5 Å². The van der Waals surface area contributed by atoms with Gasteiger partial charge >= 0.3 is 6.09 Å². The Kier molecular flexibility index (Phi) is 7.90. The highest BCUT2D eigenvalue weighted by Gasteiger charge is 2.28. The van der Waals surface area contributed by atoms with Gasteiger partial charge in [-0.25, -0.2) is 24.5 Å². The molecule has 0 aliphatic rings. The molecule has 0 saturated heterocycles. The third kappa shape index (κ3) is 5.28. The molecule has 36 heavy (non-hydrogen) atoms. The Labute approximate surface area is 217 Å². The molecule has 1 N–H and O–H groups in total. The van der Waals surface area contributed by atoms with Crippen molar-refractivity contribution in [2.24, 2.45) is 0 Å². The zero-order chi connectivity index (χ0) is 26.7. The molecule has 0 bridgehead atoms. The van der Waals surface area contributed by atoms with Crippen LogP contribution in [0.2, 0.25) is 5.02 Å². The first-order valence-corrected chi connectivity index (χ1v) is 11.2. The van der Waals surface area contributed by atoms with Crippen molar-refractivity contribution < 1.29 is 24.0 Å². The van der Waals surface area contributed by atoms with Crippen molar-refractivity contribution in [3.05, 3.63) is 73.1 Å². The first-order chi connectivity index (χ1) is 17.0. The van der Waals surface area contributed by atoms with E-state index in [4.69, 9.17) is 11.6 Å². The Hall–Kier alpha value is -4.04. The molecule has 15 heteroatoms. The maximum Gasteiger partial charge on any atom is 0.428 e. The van der Waals surface area contributed by atoms with Crippen molar-refractivity contribution >= 4 is 56.8 Å². The summed E-state index contributed by atoms with van der Waals surface area (Å²) in [5.41, 5.74) is -0.364. The van der Waals surface area contributed by atoms with Gasteiger partial charge in [-0.2, -0.15) is 5.10 Å². The summed E-state index contributed by atoms with van der Waals surface area (Å²) in [5, 5.41) is 20.3. The highest BCUT2D eigenvalue weighted by Crippen LogP contribution is 2.29. The van der Waals surface area contributed by atoms with Gasteiger partial charge in [0.2, 0.25) is 0 Å². The highest BCUT2D eigenvalue weighted by molar-refractivity contribution is 9.10. The molecule has 0 unspecified atom stereocenters. The van der Waals surface area contributed by atoms with Gasteiger partial charge in [0.15, 0.2) is 5.82 Å². The number of carbonyl (C=O) groups excluding carboxylic acids is 3. The number of pyridine rings is 1. The summed E-state index contributed by atoms with van der Waals surface area (Å²) in [6.45, 7) is 1.49. The number of nitrogens with one attached hydrogen (secondary N) is 1. The number of nitro benzene ring substituents is 1. The summed E-state index contributed by atoms with van der Waals surface area (Å²) in [4.78, 5) is 53.4. The minimum atomic E-state index is -0.848. The van der Waals surface area contributed by atoms with Crippen molar-refractivity contribution in [1.29, 1.82) is 0 Å². The van der Waals surface area contributed by atoms with Gasteiger partial charge in [0.1, 0.15) is 10.3 Å². The Balaban J connectivity index is 2.08. The summed E-state index contributed by atoms with van der Waals surface area (Å²) in [7, 11) is 3.68. The lowest BCUT2D eigenvalue weighted by Gasteiger charge is -2.27. The maximum atomic E-state index is 13.3. The standard InChI is InChI=1S/C21H19BrClN7O6/c1-11-8-12(30(34)35)9-13(20(32)27(2)28(3)21(33)36-4)17(11)25-19(31)15-10-16(22)26-29(15)18-14(23)6-5-7-24-18/h5-10H,1-4H3,(H,25,31). The predicted molar refractivity (Wildman–Crippen MR) is 132 cm³/mol. The van der Waals surface area contributed by atoms with Gasteiger partial charge < -0.3 is 10.1 Å². The quantitative estimate of drug-likeness (QED) is 0.353. The van der Waals surface area contributed by atoms with E-state index in [1.165, 1.54) is 44.0 Å². The number of ether oxygens (including phenoxy) is 1. The van der Waals surface area contributed by atoms with Crippen LogP contribution < -0.4 is 5.32 Å². The third-order valence-corrected chi connectivity index (χ3v) is 5.72. The zero-order valence-electron chi connectivity index (χ0n) is 19.4. The first-order valence-electron chi connectivity index (χ1n) is 10.0. The molecule has 13 nitrogen and oxygen atoms in total. The molecule has 0 atom stereocenters. The second-order valence-corrected chi connectivity index (χ2v) is 8.51. The number of aryl methyl sites for hydroxylation is 1. The molecular formula is C21H19BrClN7O6. The van der Waals surface area contributed by atoms with Crippen LogP contribution in [0.1, 0.15) is 26.4 Å². The zero-order valence-corrected chi connectivity index (χ0v) is 21.7. The molecule has 3 rings (SSSR count). The molecule has 3 amide bonds. The van der Waals surface area contributed by atoms with E-state index in [0.717, 1.165) is 23.2 Å². The molecule has 0 saturated carbocycles. The van der Waals surface area contributed by atoms with E-state index in [1.807, 2.05) is 0 Å². The Morgan fingerprint density at radius 1 is 1.22 bits per heavy atom. The van der Waals surface area contributed by atoms with E-state index in [1.54, 1.807) is 12.1 Å². The van der Waals surface area contributed by atoms with Crippen LogP contribution in [0.5, 0.6) is 0 Å². The van der Waals surface area contributed by atoms with E-state index in [9.17, 15) is 24.5 Å². The average Bonchev–Trinajstić information content (AvgIpc) is 3.24. The van der Waals surface area contributed by atoms with E-state index >= 15 is 0 Å². The lowest BCUT2D eigenvalue weighted by Crippen LogP contribution is -2.45. The minimum absolute atomic E-state index is 0.00305. The number of hydrazine groups is 1. The SMILES string of the molecule is COC(=O)N(C)N(C)C(=O)c1cc([N+](=O)[O-])cc(C)c1NC(=O)c1cc(Br)nn1-c1ncccc1Cl. The van der Waals surface area contributed by atoms with Crippen LogP contribution in [0, 0.1) is 17.0 Å². The number of rotatable bonds is 5. The Morgan fingerprint density at radius 3 is 2.53 bits per heavy atom. The van der Waals surface area contributed by atoms with Crippen LogP contribution in [0.15, 0.2) is 41.1 Å². The first kappa shape index (κ1) is 26.6. The number of benzene rings is 1. The molecular weight excluding hydrogens is 562 g/mol. The number of carbonyl (C=O) groups is 3. The smallest absolute Gasteiger partial charge is 0.428 e. The second-order valence-electron chi connectivity index (χ2n) is 7.29. The number of hydrogen-bond acceptors (Lipinski definition) is 8. The molecule has 0 aliphatic heterocycles. The van der Waals surface area contributed by atoms with Gasteiger partial charge in [-0.15, -0.1) is 0 Å². The predicted octanol–water partition coefficient (Wildman–Crippen LogP) is 3.84. The normalized spacial score (nSPS) is 10.5. The van der Waals surface area contributed by atoms with Crippen LogP contribution in [-0.2, 0) is 4.74 Å². The van der Waals surface area contributed by atoms with Crippen molar-refractivity contribution in [3.8, 4) is 5.82 Å². The summed E-state index contributed by atoms with van der Waals surface area (Å²) in [6.07, 6.45) is 0.628. The fourth-order valence-corrected chi connectivity index (χ4v) is 3.74. The second kappa shape index (κ2) is 10.7. The third-order valence-electron chi connectivity index (χ3n) is 5.03. The molecule has 1 aromatic carbocycles. The summed E-state index contributed by atoms with van der Waals surface area (Å²) >= 11 is 9.44. The van der Waals surface area contributed by atoms with E-state index in [0.29, 0.717) is 4.60 Å². The van der Waals surface area contributed by atoms with Crippen molar-refractivity contribution in [3.63, 3.8) is 0 Å². The number of nitrogens with zero attached hydrogens (tertiary/aromatic N) is 6. The molecule has 0 aliphatic carbocycles. The Morgan fingerprint density at radius 2 is 1.92 bits per heavy atom. The lowest BCUT2D eigenvalue weighted by molar-refractivity contribution is -0.384. The summed E-state index contributed by atoms with van der Waals surface area (Å²) in [5.74, 6) is -1.33. The van der Waals surface area contributed by atoms with Crippen LogP contribution in [0.4, 0.5) is 16.2 Å². The number of aromatic nitrogens is 3. The van der Waals surface area contributed by atoms with Crippen LogP contribution in [0.25, 0.3) is 5.82 Å². The van der Waals surface area contributed by atoms with Gasteiger partial charge in [0.05, 0.1) is 28.3 Å². The summed E-state index contributed by atoms with van der Waals surface area (Å²) in [6, 6.07) is 6.82. The topological polar surface area (TPSA) is 153 Å². The number of methoxy groups -OCH3 is 1. The molecule has 2 aromatic heterocycles. The lowest BCUT2D eigenvalue weighted by atomic mass is 10.1. The fraction of sp³-hybridized carbons (Fsp3) is 0.190. The monoisotopic (exact) mass is 579 g/mol. The highest BCUT2D eigenvalue weighted by atomic mass is 79.9. The van der Waals surface area contributed by atoms with Crippen molar-refractivity contribution in [2.75, 3.05) is 26.5 Å². The molecule has 0 spiro atoms. The fourth-order valence-electron chi connectivity index (χ4n) is 3.16. The molecule has 188 valence electrons. The number of anilines is 1. The number of nitro groups is 1. The number of halogens is 2.